The van der Waals surface area contributed by atoms with Crippen LogP contribution in [0.4, 0.5) is 0 Å². The standard InChI is InChI=1S/C5H11N5O/c6-2-1-5-7-9-10(8-5)3-4-11/h11H,1-4,6H2. The maximum absolute atomic E-state index is 8.51. The van der Waals surface area contributed by atoms with Gasteiger partial charge in [0.1, 0.15) is 0 Å². The molecule has 0 amide bonds. The zero-order valence-electron chi connectivity index (χ0n) is 6.14. The van der Waals surface area contributed by atoms with Gasteiger partial charge in [0, 0.05) is 6.42 Å². The summed E-state index contributed by atoms with van der Waals surface area (Å²) in [6.07, 6.45) is 0.630. The van der Waals surface area contributed by atoms with Crippen LogP contribution in [0.25, 0.3) is 0 Å². The van der Waals surface area contributed by atoms with Gasteiger partial charge in [-0.1, -0.05) is 0 Å². The third-order valence-electron chi connectivity index (χ3n) is 1.16. The molecule has 0 aliphatic carbocycles. The molecule has 6 nitrogen and oxygen atoms in total. The fraction of sp³-hybridized carbons (Fsp3) is 0.800. The Balaban J connectivity index is 2.51. The largest absolute Gasteiger partial charge is 0.394 e. The highest BCUT2D eigenvalue weighted by Gasteiger charge is 1.99. The van der Waals surface area contributed by atoms with Gasteiger partial charge in [0.15, 0.2) is 5.82 Å². The van der Waals surface area contributed by atoms with Crippen molar-refractivity contribution in [3.63, 3.8) is 0 Å². The van der Waals surface area contributed by atoms with Gasteiger partial charge in [-0.3, -0.25) is 0 Å². The number of rotatable bonds is 4. The maximum atomic E-state index is 8.51. The van der Waals surface area contributed by atoms with E-state index in [0.29, 0.717) is 25.3 Å². The minimum atomic E-state index is 0.0262. The molecule has 0 unspecified atom stereocenters. The number of hydrogen-bond acceptors (Lipinski definition) is 5. The van der Waals surface area contributed by atoms with Crippen LogP contribution in [-0.2, 0) is 13.0 Å². The fourth-order valence-corrected chi connectivity index (χ4v) is 0.690. The molecule has 1 heterocycles. The molecule has 0 fully saturated rings. The number of aliphatic hydroxyl groups is 1. The first-order valence-electron chi connectivity index (χ1n) is 3.44. The van der Waals surface area contributed by atoms with Crippen LogP contribution in [0.5, 0.6) is 0 Å². The average molecular weight is 157 g/mol. The highest BCUT2D eigenvalue weighted by Crippen LogP contribution is 1.85. The number of nitrogens with zero attached hydrogens (tertiary/aromatic N) is 4. The lowest BCUT2D eigenvalue weighted by atomic mass is 10.4. The molecule has 6 heteroatoms. The van der Waals surface area contributed by atoms with E-state index in [0.717, 1.165) is 0 Å². The van der Waals surface area contributed by atoms with E-state index >= 15 is 0 Å². The van der Waals surface area contributed by atoms with Crippen molar-refractivity contribution in [2.24, 2.45) is 5.73 Å². The minimum absolute atomic E-state index is 0.0262. The Hall–Kier alpha value is -1.01. The topological polar surface area (TPSA) is 89.8 Å². The quantitative estimate of drug-likeness (QED) is 0.536. The summed E-state index contributed by atoms with van der Waals surface area (Å²) in [6.45, 7) is 0.931. The SMILES string of the molecule is NCCc1nnn(CCO)n1. The highest BCUT2D eigenvalue weighted by molar-refractivity contribution is 4.76. The number of hydrogen-bond donors (Lipinski definition) is 2. The second kappa shape index (κ2) is 3.99. The van der Waals surface area contributed by atoms with Crippen LogP contribution in [0.1, 0.15) is 5.82 Å². The van der Waals surface area contributed by atoms with E-state index in [-0.39, 0.29) is 6.61 Å². The lowest BCUT2D eigenvalue weighted by Crippen LogP contribution is -2.07. The number of nitrogens with two attached hydrogens (primary N) is 1. The molecule has 3 N–H and O–H groups in total. The Morgan fingerprint density at radius 2 is 2.36 bits per heavy atom. The van der Waals surface area contributed by atoms with Gasteiger partial charge in [-0.05, 0) is 11.8 Å². The lowest BCUT2D eigenvalue weighted by molar-refractivity contribution is 0.259. The number of aliphatic hydroxyl groups excluding tert-OH is 1. The minimum Gasteiger partial charge on any atom is -0.394 e. The van der Waals surface area contributed by atoms with E-state index in [1.165, 1.54) is 4.80 Å². The molecule has 0 atom stereocenters. The smallest absolute Gasteiger partial charge is 0.176 e. The first kappa shape index (κ1) is 8.09. The predicted octanol–water partition coefficient (Wildman–Crippen LogP) is -1.83. The van der Waals surface area contributed by atoms with E-state index in [9.17, 15) is 0 Å². The second-order valence-corrected chi connectivity index (χ2v) is 2.06. The van der Waals surface area contributed by atoms with Crippen molar-refractivity contribution < 1.29 is 5.11 Å². The van der Waals surface area contributed by atoms with Crippen LogP contribution >= 0.6 is 0 Å². The zero-order chi connectivity index (χ0) is 8.10. The predicted molar refractivity (Wildman–Crippen MR) is 37.7 cm³/mol. The Morgan fingerprint density at radius 1 is 1.55 bits per heavy atom. The van der Waals surface area contributed by atoms with Gasteiger partial charge in [0.2, 0.25) is 0 Å². The zero-order valence-corrected chi connectivity index (χ0v) is 6.14. The molecule has 62 valence electrons. The molecule has 11 heavy (non-hydrogen) atoms. The highest BCUT2D eigenvalue weighted by atomic mass is 16.3. The van der Waals surface area contributed by atoms with Crippen molar-refractivity contribution in [3.05, 3.63) is 5.82 Å². The Labute approximate surface area is 64.0 Å². The Morgan fingerprint density at radius 3 is 3.00 bits per heavy atom. The molecular formula is C5H11N5O. The van der Waals surface area contributed by atoms with Crippen LogP contribution in [0, 0.1) is 0 Å². The van der Waals surface area contributed by atoms with Gasteiger partial charge < -0.3 is 10.8 Å². The number of aromatic nitrogens is 4. The first-order chi connectivity index (χ1) is 5.36. The summed E-state index contributed by atoms with van der Waals surface area (Å²) in [6, 6.07) is 0. The van der Waals surface area contributed by atoms with E-state index in [4.69, 9.17) is 10.8 Å². The molecule has 1 aromatic heterocycles. The van der Waals surface area contributed by atoms with Crippen molar-refractivity contribution in [2.75, 3.05) is 13.2 Å². The summed E-state index contributed by atoms with van der Waals surface area (Å²) in [4.78, 5) is 1.35. The van der Waals surface area contributed by atoms with E-state index in [1.807, 2.05) is 0 Å². The monoisotopic (exact) mass is 157 g/mol. The van der Waals surface area contributed by atoms with Crippen LogP contribution in [-0.4, -0.2) is 38.5 Å². The van der Waals surface area contributed by atoms with Gasteiger partial charge >= 0.3 is 0 Å². The van der Waals surface area contributed by atoms with Gasteiger partial charge in [-0.25, -0.2) is 0 Å². The summed E-state index contributed by atoms with van der Waals surface area (Å²) in [5, 5.41) is 19.8. The Kier molecular flexibility index (Phi) is 2.94. The molecule has 0 saturated carbocycles. The maximum Gasteiger partial charge on any atom is 0.176 e. The third-order valence-corrected chi connectivity index (χ3v) is 1.16. The molecule has 1 aromatic rings. The molecule has 0 bridgehead atoms. The van der Waals surface area contributed by atoms with Crippen molar-refractivity contribution in [2.45, 2.75) is 13.0 Å². The molecular weight excluding hydrogens is 146 g/mol. The molecule has 0 saturated heterocycles. The van der Waals surface area contributed by atoms with Crippen LogP contribution in [0.2, 0.25) is 0 Å². The van der Waals surface area contributed by atoms with Gasteiger partial charge in [-0.15, -0.1) is 10.2 Å². The van der Waals surface area contributed by atoms with Gasteiger partial charge in [0.25, 0.3) is 0 Å². The van der Waals surface area contributed by atoms with Crippen LogP contribution in [0.3, 0.4) is 0 Å². The van der Waals surface area contributed by atoms with E-state index in [2.05, 4.69) is 15.4 Å². The molecule has 0 aliphatic heterocycles. The first-order valence-corrected chi connectivity index (χ1v) is 3.44. The summed E-state index contributed by atoms with van der Waals surface area (Å²) < 4.78 is 0. The van der Waals surface area contributed by atoms with E-state index < -0.39 is 0 Å². The van der Waals surface area contributed by atoms with Crippen molar-refractivity contribution in [1.82, 2.24) is 20.2 Å². The normalized spacial score (nSPS) is 10.4. The van der Waals surface area contributed by atoms with Crippen LogP contribution < -0.4 is 5.73 Å². The fourth-order valence-electron chi connectivity index (χ4n) is 0.690. The van der Waals surface area contributed by atoms with Crippen molar-refractivity contribution in [3.8, 4) is 0 Å². The lowest BCUT2D eigenvalue weighted by Gasteiger charge is -1.90. The summed E-state index contributed by atoms with van der Waals surface area (Å²) >= 11 is 0. The molecule has 0 radical (unpaired) electrons. The van der Waals surface area contributed by atoms with Crippen LogP contribution in [0.15, 0.2) is 0 Å². The van der Waals surface area contributed by atoms with Gasteiger partial charge in [-0.2, -0.15) is 4.80 Å². The van der Waals surface area contributed by atoms with Crippen molar-refractivity contribution in [1.29, 1.82) is 0 Å². The molecule has 1 rings (SSSR count). The van der Waals surface area contributed by atoms with E-state index in [1.54, 1.807) is 0 Å². The van der Waals surface area contributed by atoms with Crippen molar-refractivity contribution >= 4 is 0 Å². The average Bonchev–Trinajstić information content (AvgIpc) is 2.38. The number of tetrazole rings is 1. The second-order valence-electron chi connectivity index (χ2n) is 2.06. The summed E-state index contributed by atoms with van der Waals surface area (Å²) in [5.41, 5.74) is 5.28. The Bertz CT molecular complexity index is 190. The summed E-state index contributed by atoms with van der Waals surface area (Å²) in [7, 11) is 0. The summed E-state index contributed by atoms with van der Waals surface area (Å²) in [5.74, 6) is 0.626. The molecule has 0 aliphatic rings. The third kappa shape index (κ3) is 2.24. The molecule has 0 spiro atoms. The molecule has 0 aromatic carbocycles. The van der Waals surface area contributed by atoms with Gasteiger partial charge in [0.05, 0.1) is 13.2 Å².